The minimum atomic E-state index is -0.276. The highest BCUT2D eigenvalue weighted by atomic mass is 32.2. The first-order valence-corrected chi connectivity index (χ1v) is 9.62. The van der Waals surface area contributed by atoms with Gasteiger partial charge in [0.1, 0.15) is 11.5 Å². The van der Waals surface area contributed by atoms with Gasteiger partial charge in [-0.15, -0.1) is 0 Å². The second-order valence-electron chi connectivity index (χ2n) is 6.40. The summed E-state index contributed by atoms with van der Waals surface area (Å²) in [5.41, 5.74) is 1.29. The first-order chi connectivity index (χ1) is 11.9. The Morgan fingerprint density at radius 2 is 1.50 bits per heavy atom. The van der Waals surface area contributed by atoms with Crippen molar-refractivity contribution in [2.24, 2.45) is 5.92 Å². The van der Waals surface area contributed by atoms with E-state index in [9.17, 15) is 0 Å². The Morgan fingerprint density at radius 1 is 0.875 bits per heavy atom. The van der Waals surface area contributed by atoms with Crippen LogP contribution in [0, 0.1) is 5.92 Å². The van der Waals surface area contributed by atoms with E-state index in [0.29, 0.717) is 5.92 Å². The quantitative estimate of drug-likeness (QED) is 0.524. The molecule has 0 saturated heterocycles. The lowest BCUT2D eigenvalue weighted by molar-refractivity contribution is 0.397. The van der Waals surface area contributed by atoms with Gasteiger partial charge in [-0.2, -0.15) is 0 Å². The fourth-order valence-electron chi connectivity index (χ4n) is 3.45. The molecule has 1 heterocycles. The van der Waals surface area contributed by atoms with E-state index in [4.69, 9.17) is 9.31 Å². The average Bonchev–Trinajstić information content (AvgIpc) is 3.07. The third-order valence-corrected chi connectivity index (χ3v) is 5.67. The molecule has 1 fully saturated rings. The van der Waals surface area contributed by atoms with Crippen LogP contribution in [0.25, 0.3) is 0 Å². The lowest BCUT2D eigenvalue weighted by Gasteiger charge is -2.25. The van der Waals surface area contributed by atoms with Crippen molar-refractivity contribution in [2.75, 3.05) is 0 Å². The zero-order valence-electron chi connectivity index (χ0n) is 13.7. The molecule has 2 aromatic rings. The number of para-hydroxylation sites is 2. The van der Waals surface area contributed by atoms with E-state index in [1.54, 1.807) is 11.8 Å². The Kier molecular flexibility index (Phi) is 4.84. The maximum Gasteiger partial charge on any atom is 0.629 e. The average molecular weight is 336 g/mol. The summed E-state index contributed by atoms with van der Waals surface area (Å²) in [6.45, 7) is 0. The molecule has 2 aromatic carbocycles. The SMILES string of the molecule is C(/Sc1ccccc1)=C(\B1Oc2ccccc2O1)C1CCCCC1. The molecule has 0 aromatic heterocycles. The van der Waals surface area contributed by atoms with Crippen molar-refractivity contribution in [1.82, 2.24) is 0 Å². The molecular formula is C20H21BO2S. The molecule has 24 heavy (non-hydrogen) atoms. The summed E-state index contributed by atoms with van der Waals surface area (Å²) >= 11 is 1.77. The summed E-state index contributed by atoms with van der Waals surface area (Å²) in [5, 5.41) is 2.27. The summed E-state index contributed by atoms with van der Waals surface area (Å²) in [4.78, 5) is 1.25. The summed E-state index contributed by atoms with van der Waals surface area (Å²) in [6, 6.07) is 18.5. The van der Waals surface area contributed by atoms with Gasteiger partial charge in [0.15, 0.2) is 0 Å². The first-order valence-electron chi connectivity index (χ1n) is 8.74. The van der Waals surface area contributed by atoms with Crippen LogP contribution in [0.15, 0.2) is 70.4 Å². The Bertz CT molecular complexity index is 686. The van der Waals surface area contributed by atoms with Gasteiger partial charge in [-0.1, -0.05) is 61.4 Å². The topological polar surface area (TPSA) is 18.5 Å². The Balaban J connectivity index is 1.56. The second kappa shape index (κ2) is 7.39. The van der Waals surface area contributed by atoms with Crippen molar-refractivity contribution in [3.8, 4) is 11.5 Å². The molecule has 0 bridgehead atoms. The second-order valence-corrected chi connectivity index (χ2v) is 7.34. The zero-order chi connectivity index (χ0) is 16.2. The summed E-state index contributed by atoms with van der Waals surface area (Å²) < 4.78 is 12.2. The van der Waals surface area contributed by atoms with Gasteiger partial charge in [-0.25, -0.2) is 0 Å². The lowest BCUT2D eigenvalue weighted by atomic mass is 9.67. The number of fused-ring (bicyclic) bond motifs is 1. The molecule has 0 atom stereocenters. The molecule has 122 valence electrons. The molecule has 0 N–H and O–H groups in total. The number of hydrogen-bond donors (Lipinski definition) is 0. The largest absolute Gasteiger partial charge is 0.629 e. The van der Waals surface area contributed by atoms with E-state index in [1.807, 2.05) is 24.3 Å². The van der Waals surface area contributed by atoms with Crippen LogP contribution in [0.1, 0.15) is 32.1 Å². The van der Waals surface area contributed by atoms with Crippen LogP contribution in [-0.4, -0.2) is 7.12 Å². The number of allylic oxidation sites excluding steroid dienone is 1. The van der Waals surface area contributed by atoms with Gasteiger partial charge >= 0.3 is 7.12 Å². The third-order valence-electron chi connectivity index (χ3n) is 4.74. The summed E-state index contributed by atoms with van der Waals surface area (Å²) in [5.74, 6) is 2.28. The van der Waals surface area contributed by atoms with Crippen molar-refractivity contribution in [1.29, 1.82) is 0 Å². The maximum atomic E-state index is 6.11. The lowest BCUT2D eigenvalue weighted by Crippen LogP contribution is -2.32. The molecule has 0 unspecified atom stereocenters. The van der Waals surface area contributed by atoms with Crippen molar-refractivity contribution in [3.63, 3.8) is 0 Å². The van der Waals surface area contributed by atoms with E-state index in [0.717, 1.165) is 11.5 Å². The molecule has 0 radical (unpaired) electrons. The molecule has 4 heteroatoms. The molecular weight excluding hydrogens is 315 g/mol. The van der Waals surface area contributed by atoms with Gasteiger partial charge in [0.05, 0.1) is 0 Å². The molecule has 0 spiro atoms. The molecule has 0 amide bonds. The van der Waals surface area contributed by atoms with Crippen LogP contribution in [0.2, 0.25) is 0 Å². The van der Waals surface area contributed by atoms with E-state index >= 15 is 0 Å². The van der Waals surface area contributed by atoms with Crippen molar-refractivity contribution < 1.29 is 9.31 Å². The van der Waals surface area contributed by atoms with Gasteiger partial charge < -0.3 is 9.31 Å². The fraction of sp³-hybridized carbons (Fsp3) is 0.300. The van der Waals surface area contributed by atoms with Crippen LogP contribution < -0.4 is 9.31 Å². The number of benzene rings is 2. The van der Waals surface area contributed by atoms with Crippen LogP contribution in [-0.2, 0) is 0 Å². The number of thioether (sulfide) groups is 1. The third kappa shape index (κ3) is 3.49. The van der Waals surface area contributed by atoms with Gasteiger partial charge in [0, 0.05) is 4.90 Å². The molecule has 4 rings (SSSR count). The maximum absolute atomic E-state index is 6.11. The van der Waals surface area contributed by atoms with Gasteiger partial charge in [-0.3, -0.25) is 0 Å². The number of rotatable bonds is 4. The predicted molar refractivity (Wildman–Crippen MR) is 100 cm³/mol. The van der Waals surface area contributed by atoms with Crippen LogP contribution in [0.5, 0.6) is 11.5 Å². The molecule has 2 aliphatic rings. The van der Waals surface area contributed by atoms with Crippen LogP contribution in [0.4, 0.5) is 0 Å². The highest BCUT2D eigenvalue weighted by Gasteiger charge is 2.39. The van der Waals surface area contributed by atoms with Gasteiger partial charge in [-0.05, 0) is 53.9 Å². The fourth-order valence-corrected chi connectivity index (χ4v) is 4.34. The van der Waals surface area contributed by atoms with Gasteiger partial charge in [0.25, 0.3) is 0 Å². The first kappa shape index (κ1) is 15.7. The Labute approximate surface area is 148 Å². The van der Waals surface area contributed by atoms with Crippen molar-refractivity contribution in [3.05, 3.63) is 65.5 Å². The highest BCUT2D eigenvalue weighted by Crippen LogP contribution is 2.40. The molecule has 1 saturated carbocycles. The molecule has 1 aliphatic heterocycles. The predicted octanol–water partition coefficient (Wildman–Crippen LogP) is 5.74. The minimum Gasteiger partial charge on any atom is -0.519 e. The van der Waals surface area contributed by atoms with E-state index in [-0.39, 0.29) is 7.12 Å². The zero-order valence-corrected chi connectivity index (χ0v) is 14.5. The van der Waals surface area contributed by atoms with E-state index in [2.05, 4.69) is 35.7 Å². The van der Waals surface area contributed by atoms with E-state index < -0.39 is 0 Å². The van der Waals surface area contributed by atoms with Crippen LogP contribution >= 0.6 is 11.8 Å². The Hall–Kier alpha value is -1.81. The molecule has 2 nitrogen and oxygen atoms in total. The molecule has 1 aliphatic carbocycles. The Morgan fingerprint density at radius 3 is 2.17 bits per heavy atom. The normalized spacial score (nSPS) is 18.0. The highest BCUT2D eigenvalue weighted by molar-refractivity contribution is 8.02. The standard InChI is InChI=1S/C20H21BO2S/c1-3-9-16(10-4-1)18(15-24-17-11-5-2-6-12-17)21-22-19-13-7-8-14-20(19)23-21/h2,5-8,11-16H,1,3-4,9-10H2/b18-15+. The van der Waals surface area contributed by atoms with Gasteiger partial charge in [0.2, 0.25) is 0 Å². The summed E-state index contributed by atoms with van der Waals surface area (Å²) in [7, 11) is -0.276. The monoisotopic (exact) mass is 336 g/mol. The summed E-state index contributed by atoms with van der Waals surface area (Å²) in [6.07, 6.45) is 6.43. The van der Waals surface area contributed by atoms with Crippen LogP contribution in [0.3, 0.4) is 0 Å². The smallest absolute Gasteiger partial charge is 0.519 e. The van der Waals surface area contributed by atoms with Crippen molar-refractivity contribution >= 4 is 18.9 Å². The van der Waals surface area contributed by atoms with E-state index in [1.165, 1.54) is 42.5 Å². The minimum absolute atomic E-state index is 0.276. The van der Waals surface area contributed by atoms with Crippen molar-refractivity contribution in [2.45, 2.75) is 37.0 Å². The number of hydrogen-bond acceptors (Lipinski definition) is 3.